The van der Waals surface area contributed by atoms with E-state index in [0.29, 0.717) is 25.6 Å². The van der Waals surface area contributed by atoms with Crippen LogP contribution in [-0.2, 0) is 17.8 Å². The Balaban J connectivity index is 1.21. The molecule has 8 nitrogen and oxygen atoms in total. The molecule has 0 radical (unpaired) electrons. The molecule has 1 aliphatic carbocycles. The van der Waals surface area contributed by atoms with Gasteiger partial charge in [0.1, 0.15) is 5.75 Å². The van der Waals surface area contributed by atoms with Crippen LogP contribution in [0, 0.1) is 0 Å². The lowest BCUT2D eigenvalue weighted by atomic mass is 10.1. The molecule has 5 rings (SSSR count). The summed E-state index contributed by atoms with van der Waals surface area (Å²) in [4.78, 5) is 30.1. The molecule has 33 heavy (non-hydrogen) atoms. The molecule has 1 fully saturated rings. The zero-order valence-electron chi connectivity index (χ0n) is 18.4. The quantitative estimate of drug-likeness (QED) is 0.412. The number of ether oxygens (including phenoxy) is 1. The van der Waals surface area contributed by atoms with E-state index in [1.165, 1.54) is 16.0 Å². The van der Waals surface area contributed by atoms with Gasteiger partial charge in [0, 0.05) is 41.4 Å². The van der Waals surface area contributed by atoms with Crippen LogP contribution in [0.5, 0.6) is 5.75 Å². The monoisotopic (exact) mass is 463 g/mol. The second-order valence-electron chi connectivity index (χ2n) is 8.08. The van der Waals surface area contributed by atoms with Gasteiger partial charge in [0.2, 0.25) is 5.91 Å². The van der Waals surface area contributed by atoms with Crippen LogP contribution in [-0.4, -0.2) is 38.2 Å². The van der Waals surface area contributed by atoms with Gasteiger partial charge in [-0.15, -0.1) is 11.3 Å². The smallest absolute Gasteiger partial charge is 0.266 e. The summed E-state index contributed by atoms with van der Waals surface area (Å²) < 4.78 is 8.90. The summed E-state index contributed by atoms with van der Waals surface area (Å²) in [5, 5.41) is 9.28. The first-order chi connectivity index (χ1) is 16.1. The molecule has 0 atom stereocenters. The summed E-state index contributed by atoms with van der Waals surface area (Å²) >= 11 is 1.51. The van der Waals surface area contributed by atoms with E-state index in [1.54, 1.807) is 6.07 Å². The first-order valence-corrected chi connectivity index (χ1v) is 12.0. The number of nitrogens with one attached hydrogen (secondary N) is 1. The van der Waals surface area contributed by atoms with Crippen molar-refractivity contribution >= 4 is 22.2 Å². The standard InChI is InChI=1S/C24H25N5O3S/c1-2-32-19-7-5-17(6-8-19)21-14-28-18(15-33-24(28)26-21)13-22(30)25-11-12-29-23(31)10-9-20(27-29)16-3-4-16/h5-10,14-16H,2-4,11-13H2,1H3,(H,25,30). The molecule has 0 saturated heterocycles. The second-order valence-corrected chi connectivity index (χ2v) is 8.92. The van der Waals surface area contributed by atoms with E-state index in [0.717, 1.165) is 46.2 Å². The molecule has 1 aliphatic rings. The molecule has 3 heterocycles. The predicted molar refractivity (Wildman–Crippen MR) is 127 cm³/mol. The van der Waals surface area contributed by atoms with E-state index in [4.69, 9.17) is 4.74 Å². The van der Waals surface area contributed by atoms with Gasteiger partial charge in [-0.3, -0.25) is 14.0 Å². The molecule has 1 saturated carbocycles. The molecule has 0 bridgehead atoms. The fraction of sp³-hybridized carbons (Fsp3) is 0.333. The summed E-state index contributed by atoms with van der Waals surface area (Å²) in [6, 6.07) is 11.2. The van der Waals surface area contributed by atoms with Crippen molar-refractivity contribution in [2.75, 3.05) is 13.2 Å². The fourth-order valence-electron chi connectivity index (χ4n) is 3.73. The van der Waals surface area contributed by atoms with Crippen LogP contribution in [0.4, 0.5) is 0 Å². The average Bonchev–Trinajstić information content (AvgIpc) is 3.47. The third-order valence-corrected chi connectivity index (χ3v) is 6.50. The van der Waals surface area contributed by atoms with Crippen LogP contribution in [0.2, 0.25) is 0 Å². The molecule has 9 heteroatoms. The number of benzene rings is 1. The first kappa shape index (κ1) is 21.4. The van der Waals surface area contributed by atoms with Gasteiger partial charge < -0.3 is 10.1 Å². The van der Waals surface area contributed by atoms with Crippen LogP contribution < -0.4 is 15.6 Å². The van der Waals surface area contributed by atoms with Crippen molar-refractivity contribution < 1.29 is 9.53 Å². The van der Waals surface area contributed by atoms with E-state index in [-0.39, 0.29) is 17.9 Å². The minimum absolute atomic E-state index is 0.0996. The Hall–Kier alpha value is -3.46. The summed E-state index contributed by atoms with van der Waals surface area (Å²) in [6.45, 7) is 3.30. The van der Waals surface area contributed by atoms with Gasteiger partial charge in [-0.25, -0.2) is 9.67 Å². The SMILES string of the molecule is CCOc1ccc(-c2cn3c(CC(=O)NCCn4nc(C5CC5)ccc4=O)csc3n2)cc1. The maximum absolute atomic E-state index is 12.5. The Morgan fingerprint density at radius 2 is 2.03 bits per heavy atom. The van der Waals surface area contributed by atoms with Gasteiger partial charge in [-0.1, -0.05) is 0 Å². The van der Waals surface area contributed by atoms with Gasteiger partial charge in [0.05, 0.1) is 31.0 Å². The van der Waals surface area contributed by atoms with Crippen LogP contribution in [0.3, 0.4) is 0 Å². The Labute approximate surface area is 194 Å². The molecule has 1 N–H and O–H groups in total. The number of hydrogen-bond acceptors (Lipinski definition) is 6. The average molecular weight is 464 g/mol. The summed E-state index contributed by atoms with van der Waals surface area (Å²) in [5.74, 6) is 1.21. The number of thiazole rings is 1. The Morgan fingerprint density at radius 1 is 1.21 bits per heavy atom. The normalized spacial score (nSPS) is 13.4. The Bertz CT molecular complexity index is 1330. The van der Waals surface area contributed by atoms with Gasteiger partial charge in [0.25, 0.3) is 5.56 Å². The number of carbonyl (C=O) groups is 1. The van der Waals surface area contributed by atoms with Crippen molar-refractivity contribution in [2.45, 2.75) is 38.6 Å². The van der Waals surface area contributed by atoms with Crippen LogP contribution in [0.1, 0.15) is 37.1 Å². The lowest BCUT2D eigenvalue weighted by Crippen LogP contribution is -2.33. The van der Waals surface area contributed by atoms with Gasteiger partial charge in [0.15, 0.2) is 4.96 Å². The Morgan fingerprint density at radius 3 is 2.79 bits per heavy atom. The number of fused-ring (bicyclic) bond motifs is 1. The Kier molecular flexibility index (Phi) is 5.95. The van der Waals surface area contributed by atoms with Gasteiger partial charge in [-0.05, 0) is 50.1 Å². The summed E-state index contributed by atoms with van der Waals surface area (Å²) in [7, 11) is 0. The molecule has 170 valence electrons. The number of amides is 1. The molecular formula is C24H25N5O3S. The zero-order valence-corrected chi connectivity index (χ0v) is 19.2. The molecule has 3 aromatic heterocycles. The van der Waals surface area contributed by atoms with E-state index in [1.807, 2.05) is 53.2 Å². The predicted octanol–water partition coefficient (Wildman–Crippen LogP) is 3.25. The molecule has 4 aromatic rings. The molecule has 0 unspecified atom stereocenters. The lowest BCUT2D eigenvalue weighted by molar-refractivity contribution is -0.120. The van der Waals surface area contributed by atoms with E-state index in [2.05, 4.69) is 15.4 Å². The van der Waals surface area contributed by atoms with Crippen LogP contribution >= 0.6 is 11.3 Å². The summed E-state index contributed by atoms with van der Waals surface area (Å²) in [6.07, 6.45) is 4.46. The third-order valence-electron chi connectivity index (χ3n) is 5.61. The number of rotatable bonds is 9. The lowest BCUT2D eigenvalue weighted by Gasteiger charge is -2.08. The largest absolute Gasteiger partial charge is 0.494 e. The minimum Gasteiger partial charge on any atom is -0.494 e. The van der Waals surface area contributed by atoms with Crippen molar-refractivity contribution in [1.29, 1.82) is 0 Å². The van der Waals surface area contributed by atoms with Crippen molar-refractivity contribution in [3.8, 4) is 17.0 Å². The molecule has 0 spiro atoms. The number of imidazole rings is 1. The molecule has 1 amide bonds. The first-order valence-electron chi connectivity index (χ1n) is 11.1. The van der Waals surface area contributed by atoms with Gasteiger partial charge in [-0.2, -0.15) is 5.10 Å². The van der Waals surface area contributed by atoms with Gasteiger partial charge >= 0.3 is 0 Å². The highest BCUT2D eigenvalue weighted by molar-refractivity contribution is 7.15. The van der Waals surface area contributed by atoms with Crippen molar-refractivity contribution in [1.82, 2.24) is 24.5 Å². The molecule has 0 aliphatic heterocycles. The van der Waals surface area contributed by atoms with E-state index < -0.39 is 0 Å². The van der Waals surface area contributed by atoms with Crippen molar-refractivity contribution in [3.63, 3.8) is 0 Å². The second kappa shape index (κ2) is 9.19. The van der Waals surface area contributed by atoms with Crippen LogP contribution in [0.15, 0.2) is 52.8 Å². The number of hydrogen-bond donors (Lipinski definition) is 1. The summed E-state index contributed by atoms with van der Waals surface area (Å²) in [5.41, 5.74) is 3.55. The number of carbonyl (C=O) groups excluding carboxylic acids is 1. The van der Waals surface area contributed by atoms with Crippen molar-refractivity contribution in [2.24, 2.45) is 0 Å². The number of aromatic nitrogens is 4. The van der Waals surface area contributed by atoms with E-state index in [9.17, 15) is 9.59 Å². The fourth-order valence-corrected chi connectivity index (χ4v) is 4.61. The highest BCUT2D eigenvalue weighted by atomic mass is 32.1. The van der Waals surface area contributed by atoms with Crippen molar-refractivity contribution in [3.05, 3.63) is 69.7 Å². The topological polar surface area (TPSA) is 90.5 Å². The number of nitrogens with zero attached hydrogens (tertiary/aromatic N) is 4. The zero-order chi connectivity index (χ0) is 22.8. The highest BCUT2D eigenvalue weighted by Crippen LogP contribution is 2.38. The molecule has 1 aromatic carbocycles. The highest BCUT2D eigenvalue weighted by Gasteiger charge is 2.25. The van der Waals surface area contributed by atoms with E-state index >= 15 is 0 Å². The maximum atomic E-state index is 12.5. The minimum atomic E-state index is -0.145. The maximum Gasteiger partial charge on any atom is 0.266 e. The molecular weight excluding hydrogens is 438 g/mol. The van der Waals surface area contributed by atoms with Crippen LogP contribution in [0.25, 0.3) is 16.2 Å². The third kappa shape index (κ3) is 4.83.